The summed E-state index contributed by atoms with van der Waals surface area (Å²) in [6.07, 6.45) is 1.18. The molecule has 3 N–H and O–H groups in total. The molecule has 4 heteroatoms. The third kappa shape index (κ3) is 2.11. The van der Waals surface area contributed by atoms with Gasteiger partial charge in [0.2, 0.25) is 0 Å². The van der Waals surface area contributed by atoms with Gasteiger partial charge in [0.05, 0.1) is 5.52 Å². The van der Waals surface area contributed by atoms with Crippen molar-refractivity contribution in [3.05, 3.63) is 35.9 Å². The lowest BCUT2D eigenvalue weighted by atomic mass is 10.1. The molecular formula is C16H20N4. The first-order valence-corrected chi connectivity index (χ1v) is 7.07. The number of nitrogens with zero attached hydrogens (tertiary/aromatic N) is 2. The summed E-state index contributed by atoms with van der Waals surface area (Å²) in [5.74, 6) is 1.72. The van der Waals surface area contributed by atoms with Gasteiger partial charge in [-0.05, 0) is 31.4 Å². The topological polar surface area (TPSA) is 66.0 Å². The van der Waals surface area contributed by atoms with Crippen molar-refractivity contribution in [2.24, 2.45) is 11.7 Å². The van der Waals surface area contributed by atoms with Crippen LogP contribution >= 0.6 is 0 Å². The molecule has 2 aromatic rings. The largest absolute Gasteiger partial charge is 0.384 e. The smallest absolute Gasteiger partial charge is 0.130 e. The van der Waals surface area contributed by atoms with Gasteiger partial charge >= 0.3 is 0 Å². The molecule has 0 spiro atoms. The second kappa shape index (κ2) is 4.78. The van der Waals surface area contributed by atoms with Crippen molar-refractivity contribution < 1.29 is 0 Å². The number of fused-ring (bicyclic) bond motifs is 1. The zero-order valence-electron chi connectivity index (χ0n) is 11.9. The van der Waals surface area contributed by atoms with Crippen LogP contribution in [0.1, 0.15) is 25.8 Å². The normalized spacial score (nSPS) is 22.4. The average Bonchev–Trinajstić information content (AvgIpc) is 2.76. The second-order valence-electron chi connectivity index (χ2n) is 5.80. The zero-order chi connectivity index (χ0) is 14.3. The monoisotopic (exact) mass is 268 g/mol. The molecular weight excluding hydrogens is 248 g/mol. The molecule has 0 amide bonds. The molecule has 2 unspecified atom stereocenters. The van der Waals surface area contributed by atoms with Crippen LogP contribution in [0, 0.1) is 11.3 Å². The van der Waals surface area contributed by atoms with Gasteiger partial charge in [-0.25, -0.2) is 4.98 Å². The van der Waals surface area contributed by atoms with E-state index in [0.29, 0.717) is 12.0 Å². The number of nitrogen functional groups attached to an aromatic ring is 1. The Morgan fingerprint density at radius 1 is 1.35 bits per heavy atom. The SMILES string of the molecule is CC1CC(C)N(c2cc(C(=N)N)c3ccccc3n2)C1. The number of nitrogens with one attached hydrogen (secondary N) is 1. The molecule has 1 aromatic carbocycles. The predicted octanol–water partition coefficient (Wildman–Crippen LogP) is 2.75. The first kappa shape index (κ1) is 12.9. The number of aromatic nitrogens is 1. The number of rotatable bonds is 2. The van der Waals surface area contributed by atoms with Crippen molar-refractivity contribution >= 4 is 22.6 Å². The predicted molar refractivity (Wildman–Crippen MR) is 83.3 cm³/mol. The molecule has 0 saturated carbocycles. The van der Waals surface area contributed by atoms with Gasteiger partial charge in [0.1, 0.15) is 11.7 Å². The van der Waals surface area contributed by atoms with Gasteiger partial charge in [-0.15, -0.1) is 0 Å². The fourth-order valence-corrected chi connectivity index (χ4v) is 3.15. The Balaban J connectivity index is 2.15. The fraction of sp³-hybridized carbons (Fsp3) is 0.375. The maximum Gasteiger partial charge on any atom is 0.130 e. The van der Waals surface area contributed by atoms with Gasteiger partial charge in [0, 0.05) is 23.5 Å². The molecule has 1 saturated heterocycles. The molecule has 20 heavy (non-hydrogen) atoms. The van der Waals surface area contributed by atoms with Crippen LogP contribution in [0.4, 0.5) is 5.82 Å². The standard InChI is InChI=1S/C16H20N4/c1-10-7-11(2)20(9-10)15-8-13(16(17)18)12-5-3-4-6-14(12)19-15/h3-6,8,10-11H,7,9H2,1-2H3,(H3,17,18). The Bertz CT molecular complexity index is 665. The van der Waals surface area contributed by atoms with Crippen molar-refractivity contribution in [3.63, 3.8) is 0 Å². The van der Waals surface area contributed by atoms with E-state index in [4.69, 9.17) is 16.1 Å². The Kier molecular flexibility index (Phi) is 3.08. The number of hydrogen-bond donors (Lipinski definition) is 2. The van der Waals surface area contributed by atoms with Gasteiger partial charge in [-0.1, -0.05) is 25.1 Å². The molecule has 0 bridgehead atoms. The molecule has 0 radical (unpaired) electrons. The number of amidine groups is 1. The maximum absolute atomic E-state index is 7.81. The molecule has 1 aliphatic heterocycles. The van der Waals surface area contributed by atoms with Crippen LogP contribution in [-0.4, -0.2) is 23.4 Å². The summed E-state index contributed by atoms with van der Waals surface area (Å²) in [7, 11) is 0. The summed E-state index contributed by atoms with van der Waals surface area (Å²) in [5.41, 5.74) is 7.43. The molecule has 1 aromatic heterocycles. The number of para-hydroxylation sites is 1. The van der Waals surface area contributed by atoms with Crippen LogP contribution in [0.15, 0.2) is 30.3 Å². The van der Waals surface area contributed by atoms with Crippen molar-refractivity contribution in [1.82, 2.24) is 4.98 Å². The van der Waals surface area contributed by atoms with E-state index in [1.54, 1.807) is 0 Å². The molecule has 4 nitrogen and oxygen atoms in total. The molecule has 1 aliphatic rings. The third-order valence-corrected chi connectivity index (χ3v) is 4.07. The Morgan fingerprint density at radius 2 is 2.10 bits per heavy atom. The van der Waals surface area contributed by atoms with Crippen molar-refractivity contribution in [1.29, 1.82) is 5.41 Å². The summed E-state index contributed by atoms with van der Waals surface area (Å²) in [5, 5.41) is 8.75. The lowest BCUT2D eigenvalue weighted by molar-refractivity contribution is 0.625. The highest BCUT2D eigenvalue weighted by molar-refractivity contribution is 6.07. The lowest BCUT2D eigenvalue weighted by Crippen LogP contribution is -2.28. The van der Waals surface area contributed by atoms with Gasteiger partial charge in [-0.2, -0.15) is 0 Å². The van der Waals surface area contributed by atoms with Crippen molar-refractivity contribution in [2.45, 2.75) is 26.3 Å². The first-order chi connectivity index (χ1) is 9.56. The average molecular weight is 268 g/mol. The zero-order valence-corrected chi connectivity index (χ0v) is 11.9. The number of anilines is 1. The summed E-state index contributed by atoms with van der Waals surface area (Å²) in [4.78, 5) is 7.08. The van der Waals surface area contributed by atoms with E-state index in [-0.39, 0.29) is 5.84 Å². The van der Waals surface area contributed by atoms with Crippen LogP contribution in [-0.2, 0) is 0 Å². The van der Waals surface area contributed by atoms with Crippen LogP contribution in [0.25, 0.3) is 10.9 Å². The van der Waals surface area contributed by atoms with Gasteiger partial charge in [0.25, 0.3) is 0 Å². The second-order valence-corrected chi connectivity index (χ2v) is 5.80. The number of nitrogens with two attached hydrogens (primary N) is 1. The highest BCUT2D eigenvalue weighted by Gasteiger charge is 2.27. The van der Waals surface area contributed by atoms with Crippen LogP contribution in [0.3, 0.4) is 0 Å². The number of hydrogen-bond acceptors (Lipinski definition) is 3. The summed E-state index contributed by atoms with van der Waals surface area (Å²) in [6.45, 7) is 5.51. The Labute approximate surface area is 119 Å². The van der Waals surface area contributed by atoms with Crippen LogP contribution in [0.5, 0.6) is 0 Å². The fourth-order valence-electron chi connectivity index (χ4n) is 3.15. The summed E-state index contributed by atoms with van der Waals surface area (Å²) >= 11 is 0. The van der Waals surface area contributed by atoms with E-state index < -0.39 is 0 Å². The minimum absolute atomic E-state index is 0.102. The summed E-state index contributed by atoms with van der Waals surface area (Å²) < 4.78 is 0. The van der Waals surface area contributed by atoms with Crippen molar-refractivity contribution in [2.75, 3.05) is 11.4 Å². The van der Waals surface area contributed by atoms with E-state index in [1.165, 1.54) is 6.42 Å². The lowest BCUT2D eigenvalue weighted by Gasteiger charge is -2.23. The maximum atomic E-state index is 7.81. The van der Waals surface area contributed by atoms with Crippen LogP contribution in [0.2, 0.25) is 0 Å². The third-order valence-electron chi connectivity index (χ3n) is 4.07. The molecule has 0 aliphatic carbocycles. The Hall–Kier alpha value is -2.10. The van der Waals surface area contributed by atoms with Gasteiger partial charge in [-0.3, -0.25) is 5.41 Å². The van der Waals surface area contributed by atoms with Gasteiger partial charge < -0.3 is 10.6 Å². The van der Waals surface area contributed by atoms with E-state index in [1.807, 2.05) is 30.3 Å². The van der Waals surface area contributed by atoms with E-state index in [9.17, 15) is 0 Å². The van der Waals surface area contributed by atoms with E-state index >= 15 is 0 Å². The minimum Gasteiger partial charge on any atom is -0.384 e. The number of pyridine rings is 1. The summed E-state index contributed by atoms with van der Waals surface area (Å²) in [6, 6.07) is 10.3. The Morgan fingerprint density at radius 3 is 2.75 bits per heavy atom. The first-order valence-electron chi connectivity index (χ1n) is 7.07. The highest BCUT2D eigenvalue weighted by Crippen LogP contribution is 2.30. The van der Waals surface area contributed by atoms with Crippen molar-refractivity contribution in [3.8, 4) is 0 Å². The minimum atomic E-state index is 0.102. The quantitative estimate of drug-likeness (QED) is 0.650. The molecule has 2 heterocycles. The highest BCUT2D eigenvalue weighted by atomic mass is 15.2. The molecule has 104 valence electrons. The van der Waals surface area contributed by atoms with Crippen LogP contribution < -0.4 is 10.6 Å². The molecule has 1 fully saturated rings. The van der Waals surface area contributed by atoms with E-state index in [0.717, 1.165) is 28.8 Å². The molecule has 3 rings (SSSR count). The molecule has 2 atom stereocenters. The number of benzene rings is 1. The van der Waals surface area contributed by atoms with E-state index in [2.05, 4.69) is 18.7 Å². The van der Waals surface area contributed by atoms with Gasteiger partial charge in [0.15, 0.2) is 0 Å².